The van der Waals surface area contributed by atoms with Crippen molar-refractivity contribution in [2.75, 3.05) is 151 Å². The van der Waals surface area contributed by atoms with Gasteiger partial charge in [-0.1, -0.05) is 43.5 Å². The van der Waals surface area contributed by atoms with Crippen molar-refractivity contribution in [3.8, 4) is 11.4 Å². The lowest BCUT2D eigenvalue weighted by atomic mass is 9.88. The van der Waals surface area contributed by atoms with Crippen molar-refractivity contribution < 1.29 is 106 Å². The molecule has 3 fully saturated rings. The van der Waals surface area contributed by atoms with Gasteiger partial charge in [0, 0.05) is 68.4 Å². The van der Waals surface area contributed by atoms with Gasteiger partial charge in [0.15, 0.2) is 0 Å². The Morgan fingerprint density at radius 1 is 0.641 bits per heavy atom. The van der Waals surface area contributed by atoms with Gasteiger partial charge in [0.05, 0.1) is 149 Å². The molecule has 34 heteroatoms. The van der Waals surface area contributed by atoms with E-state index >= 15 is 0 Å². The van der Waals surface area contributed by atoms with Gasteiger partial charge in [-0.05, 0) is 36.5 Å². The summed E-state index contributed by atoms with van der Waals surface area (Å²) >= 11 is 1.88. The molecule has 0 saturated carbocycles. The molecule has 4 heterocycles. The number of urea groups is 1. The highest BCUT2D eigenvalue weighted by Crippen LogP contribution is 2.35. The fraction of sp³-hybridized carbons (Fsp3) is 0.759. The van der Waals surface area contributed by atoms with Crippen LogP contribution in [-0.4, -0.2) is 292 Å². The average molecular weight is 1330 g/mol. The first-order chi connectivity index (χ1) is 44.7. The molecule has 0 radical (unpaired) electrons. The third-order valence-corrected chi connectivity index (χ3v) is 16.2. The van der Waals surface area contributed by atoms with Crippen LogP contribution in [-0.2, 0) is 82.6 Å². The van der Waals surface area contributed by atoms with Gasteiger partial charge >= 0.3 is 12.0 Å². The number of carbonyl (C=O) groups excluding carboxylic acids is 6. The number of ether oxygens (including phenoxy) is 10. The fourth-order valence-corrected chi connectivity index (χ4v) is 11.3. The number of fused-ring (bicyclic) bond motifs is 1. The third kappa shape index (κ3) is 30.5. The lowest BCUT2D eigenvalue weighted by Gasteiger charge is -2.46. The van der Waals surface area contributed by atoms with E-state index in [1.807, 2.05) is 11.8 Å². The number of aromatic amines is 1. The average Bonchev–Trinajstić information content (AvgIpc) is 1.03. The third-order valence-electron chi connectivity index (χ3n) is 14.7. The Labute approximate surface area is 538 Å². The van der Waals surface area contributed by atoms with E-state index in [1.165, 1.54) is 0 Å². The normalized spacial score (nSPS) is 20.8. The number of unbranched alkanes of at least 4 members (excludes halogenated alkanes) is 4. The predicted molar refractivity (Wildman–Crippen MR) is 326 cm³/mol. The first-order valence-electron chi connectivity index (χ1n) is 31.4. The van der Waals surface area contributed by atoms with Crippen LogP contribution >= 0.6 is 11.8 Å². The highest BCUT2D eigenvalue weighted by Gasteiger charge is 2.56. The number of nitrogens with zero attached hydrogens (tertiary/aromatic N) is 3. The van der Waals surface area contributed by atoms with Crippen LogP contribution in [0, 0.1) is 0 Å². The van der Waals surface area contributed by atoms with Crippen molar-refractivity contribution in [1.82, 2.24) is 57.8 Å². The molecule has 92 heavy (non-hydrogen) atoms. The number of thioether (sulfide) groups is 1. The van der Waals surface area contributed by atoms with Crippen LogP contribution in [0.1, 0.15) is 76.2 Å². The number of amides is 7. The zero-order valence-electron chi connectivity index (χ0n) is 52.1. The van der Waals surface area contributed by atoms with Crippen LogP contribution in [0.4, 0.5) is 4.79 Å². The minimum Gasteiger partial charge on any atom is -0.477 e. The highest BCUT2D eigenvalue weighted by molar-refractivity contribution is 8.00. The van der Waals surface area contributed by atoms with E-state index in [2.05, 4.69) is 57.8 Å². The zero-order valence-corrected chi connectivity index (χ0v) is 52.9. The Morgan fingerprint density at radius 3 is 1.72 bits per heavy atom. The van der Waals surface area contributed by atoms with Gasteiger partial charge in [0.25, 0.3) is 5.79 Å². The summed E-state index contributed by atoms with van der Waals surface area (Å²) in [5.74, 6) is -4.66. The number of tetrazole rings is 1. The van der Waals surface area contributed by atoms with Crippen molar-refractivity contribution in [2.45, 2.75) is 131 Å². The van der Waals surface area contributed by atoms with Crippen LogP contribution in [0.5, 0.6) is 0 Å². The lowest BCUT2D eigenvalue weighted by molar-refractivity contribution is -0.310. The molecule has 7 amide bonds. The number of aromatic nitrogens is 4. The summed E-state index contributed by atoms with van der Waals surface area (Å²) in [4.78, 5) is 85.6. The molecule has 9 atom stereocenters. The molecule has 5 rings (SSSR count). The van der Waals surface area contributed by atoms with Crippen LogP contribution in [0.3, 0.4) is 0 Å². The van der Waals surface area contributed by atoms with E-state index in [4.69, 9.17) is 47.4 Å². The first kappa shape index (κ1) is 76.9. The van der Waals surface area contributed by atoms with Crippen LogP contribution < -0.4 is 37.2 Å². The second-order valence-corrected chi connectivity index (χ2v) is 23.0. The Morgan fingerprint density at radius 2 is 1.17 bits per heavy atom. The molecular formula is C58H95N11O22S. The summed E-state index contributed by atoms with van der Waals surface area (Å²) in [5, 5.41) is 86.1. The molecule has 0 aliphatic carbocycles. The van der Waals surface area contributed by atoms with E-state index in [0.29, 0.717) is 166 Å². The second-order valence-electron chi connectivity index (χ2n) is 21.7. The van der Waals surface area contributed by atoms with E-state index in [1.54, 1.807) is 24.3 Å². The Kier molecular flexibility index (Phi) is 38.0. The number of hydrogen-bond acceptors (Lipinski definition) is 25. The quantitative estimate of drug-likeness (QED) is 0.0235. The van der Waals surface area contributed by atoms with E-state index in [9.17, 15) is 59.1 Å². The summed E-state index contributed by atoms with van der Waals surface area (Å²) in [6, 6.07) is 5.56. The highest BCUT2D eigenvalue weighted by atomic mass is 32.2. The number of nitrogens with one attached hydrogen (secondary N) is 8. The van der Waals surface area contributed by atoms with Gasteiger partial charge in [0.2, 0.25) is 35.4 Å². The number of H-pyrrole nitrogens is 1. The van der Waals surface area contributed by atoms with Crippen LogP contribution in [0.25, 0.3) is 11.4 Å². The summed E-state index contributed by atoms with van der Waals surface area (Å²) in [5.41, 5.74) is 1.26. The van der Waals surface area contributed by atoms with Gasteiger partial charge in [-0.2, -0.15) is 17.0 Å². The SMILES string of the molecule is O=C(CCCCCCO[C@]1(C(=O)O)C[C@H](O)[C@@H](NC(=O)CO)[C@H]([C@H](O)[C@H](O)CNC(=O)Cc2ccc(-c3nn[nH]n3)cc2)O1)NCCOCCOCCOCCOCCNC(=O)CCOCCOCCOCCOCCNC(=O)CCCC[C@H]1SC[C@H]2NC(=O)N[C@H]21. The van der Waals surface area contributed by atoms with Crippen LogP contribution in [0.15, 0.2) is 24.3 Å². The Bertz CT molecular complexity index is 2430. The number of hydrogen-bond donors (Lipinski definition) is 13. The summed E-state index contributed by atoms with van der Waals surface area (Å²) in [6.45, 7) is 5.11. The molecule has 33 nitrogen and oxygen atoms in total. The molecule has 3 saturated heterocycles. The smallest absolute Gasteiger partial charge is 0.364 e. The van der Waals surface area contributed by atoms with E-state index in [-0.39, 0.29) is 74.9 Å². The molecule has 1 aromatic carbocycles. The predicted octanol–water partition coefficient (Wildman–Crippen LogP) is -2.78. The molecule has 3 aliphatic heterocycles. The second kappa shape index (κ2) is 45.5. The molecule has 1 aromatic heterocycles. The van der Waals surface area contributed by atoms with Crippen molar-refractivity contribution in [3.05, 3.63) is 29.8 Å². The Balaban J connectivity index is 0.744. The molecule has 0 bridgehead atoms. The number of aliphatic carboxylic acids is 1. The summed E-state index contributed by atoms with van der Waals surface area (Å²) in [7, 11) is 0. The van der Waals surface area contributed by atoms with Gasteiger partial charge in [-0.3, -0.25) is 24.0 Å². The number of carboxylic acid groups (broad SMARTS) is 1. The Hall–Kier alpha value is -5.83. The zero-order chi connectivity index (χ0) is 66.0. The number of carbonyl (C=O) groups is 7. The molecule has 520 valence electrons. The van der Waals surface area contributed by atoms with Gasteiger partial charge in [-0.25, -0.2) is 9.59 Å². The molecule has 0 spiro atoms. The molecule has 3 aliphatic rings. The minimum absolute atomic E-state index is 0.0104. The van der Waals surface area contributed by atoms with Gasteiger partial charge in [-0.15, -0.1) is 10.2 Å². The number of benzene rings is 1. The maximum atomic E-state index is 12.7. The van der Waals surface area contributed by atoms with Crippen molar-refractivity contribution in [2.24, 2.45) is 0 Å². The topological polar surface area (TPSA) is 452 Å². The monoisotopic (exact) mass is 1330 g/mol. The van der Waals surface area contributed by atoms with Crippen molar-refractivity contribution in [1.29, 1.82) is 0 Å². The van der Waals surface area contributed by atoms with Crippen molar-refractivity contribution >= 4 is 53.3 Å². The molecule has 13 N–H and O–H groups in total. The van der Waals surface area contributed by atoms with Crippen molar-refractivity contribution in [3.63, 3.8) is 0 Å². The number of rotatable bonds is 53. The van der Waals surface area contributed by atoms with Crippen LogP contribution in [0.2, 0.25) is 0 Å². The largest absolute Gasteiger partial charge is 0.477 e. The number of aliphatic hydroxyl groups is 4. The fourth-order valence-electron chi connectivity index (χ4n) is 9.80. The number of carboxylic acids is 1. The van der Waals surface area contributed by atoms with E-state index in [0.717, 1.165) is 25.0 Å². The van der Waals surface area contributed by atoms with Gasteiger partial charge < -0.3 is 110 Å². The summed E-state index contributed by atoms with van der Waals surface area (Å²) in [6.07, 6.45) is -2.35. The molecule has 2 aromatic rings. The number of aliphatic hydroxyl groups excluding tert-OH is 4. The minimum atomic E-state index is -2.51. The maximum absolute atomic E-state index is 12.7. The lowest BCUT2D eigenvalue weighted by Crippen LogP contribution is -2.68. The summed E-state index contributed by atoms with van der Waals surface area (Å²) < 4.78 is 55.4. The molecule has 0 unspecified atom stereocenters. The first-order valence-corrected chi connectivity index (χ1v) is 32.4. The van der Waals surface area contributed by atoms with Gasteiger partial charge in [0.1, 0.15) is 18.8 Å². The van der Waals surface area contributed by atoms with E-state index < -0.39 is 73.6 Å². The molecular weight excluding hydrogens is 1230 g/mol. The maximum Gasteiger partial charge on any atom is 0.364 e. The standard InChI is InChI=1S/C58H95N11O22S/c70-38-50(77)64-52-43(71)36-58(56(79)80,91-54(52)53(78)44(72)37-62-49(76)35-40-10-12-41(13-11-40)55-66-68-69-67-55)90-18-6-2-1-3-8-46(73)59-15-20-83-24-29-88-33-34-89-30-26-85-22-17-61-48(75)14-19-82-23-27-86-31-32-87-28-25-84-21-16-60-47(74)9-5-4-7-45-51-42(39-92-45)63-57(81)65-51/h10-13,42-45,51-54,70-72,78H,1-9,14-39H2,(H,59,73)(H,60,74)(H,61,75)(H,62,76)(H,64,77)(H,79,80)(H2,63,65,81)(H,66,67,68,69)/t42-,43+,44-,45-,51-,52-,53-,54-,58-/m1/s1.